The topological polar surface area (TPSA) is 48.3 Å². The van der Waals surface area contributed by atoms with Gasteiger partial charge in [0.25, 0.3) is 0 Å². The number of carbonyl (C=O) groups is 2. The summed E-state index contributed by atoms with van der Waals surface area (Å²) in [6.07, 6.45) is 0. The quantitative estimate of drug-likeness (QED) is 0.601. The van der Waals surface area contributed by atoms with Gasteiger partial charge in [0, 0.05) is 14.0 Å². The first kappa shape index (κ1) is 13.3. The van der Waals surface area contributed by atoms with Crippen LogP contribution in [0.4, 0.5) is 8.78 Å². The molecule has 0 saturated heterocycles. The van der Waals surface area contributed by atoms with Gasteiger partial charge in [-0.25, -0.2) is 4.79 Å². The van der Waals surface area contributed by atoms with Crippen LogP contribution < -0.4 is 0 Å². The van der Waals surface area contributed by atoms with E-state index >= 15 is 0 Å². The number of ether oxygens (including phenoxy) is 1. The molecular weight excluding hydrogens is 232 g/mol. The van der Waals surface area contributed by atoms with Crippen LogP contribution in [0.2, 0.25) is 0 Å². The van der Waals surface area contributed by atoms with E-state index in [9.17, 15) is 18.4 Å². The Morgan fingerprint density at radius 3 is 2.41 bits per heavy atom. The van der Waals surface area contributed by atoms with Gasteiger partial charge in [-0.2, -0.15) is 8.78 Å². The van der Waals surface area contributed by atoms with Crippen LogP contribution in [-0.2, 0) is 22.5 Å². The fourth-order valence-corrected chi connectivity index (χ4v) is 1.51. The second kappa shape index (κ2) is 4.65. The van der Waals surface area contributed by atoms with Crippen molar-refractivity contribution in [3.8, 4) is 0 Å². The third-order valence-corrected chi connectivity index (χ3v) is 2.34. The fraction of sp³-hybridized carbons (Fsp3) is 0.455. The highest BCUT2D eigenvalue weighted by Gasteiger charge is 2.45. The minimum Gasteiger partial charge on any atom is -0.461 e. The highest BCUT2D eigenvalue weighted by Crippen LogP contribution is 2.30. The normalized spacial score (nSPS) is 11.4. The predicted octanol–water partition coefficient (Wildman–Crippen LogP) is 1.88. The monoisotopic (exact) mass is 245 g/mol. The number of nitrogens with zero attached hydrogens (tertiary/aromatic N) is 1. The Hall–Kier alpha value is -1.72. The maximum absolute atomic E-state index is 13.7. The number of hydrogen-bond donors (Lipinski definition) is 0. The van der Waals surface area contributed by atoms with Gasteiger partial charge in [-0.3, -0.25) is 4.79 Å². The minimum atomic E-state index is -3.75. The second-order valence-electron chi connectivity index (χ2n) is 3.51. The fourth-order valence-electron chi connectivity index (χ4n) is 1.51. The number of aromatic nitrogens is 1. The average molecular weight is 245 g/mol. The number of Topliss-reactive ketones (excluding diaryl/α,β-unsaturated/α-hetero) is 1. The van der Waals surface area contributed by atoms with E-state index in [1.54, 1.807) is 0 Å². The van der Waals surface area contributed by atoms with E-state index in [0.29, 0.717) is 0 Å². The number of ketones is 1. The Kier molecular flexibility index (Phi) is 3.65. The van der Waals surface area contributed by atoms with Crippen molar-refractivity contribution < 1.29 is 23.1 Å². The largest absolute Gasteiger partial charge is 0.461 e. The lowest BCUT2D eigenvalue weighted by Crippen LogP contribution is -2.30. The molecule has 0 bridgehead atoms. The summed E-state index contributed by atoms with van der Waals surface area (Å²) in [6, 6.07) is 2.30. The molecule has 0 aromatic carbocycles. The molecule has 0 radical (unpaired) electrons. The lowest BCUT2D eigenvalue weighted by atomic mass is 10.2. The summed E-state index contributed by atoms with van der Waals surface area (Å²) in [5, 5.41) is 0. The van der Waals surface area contributed by atoms with Gasteiger partial charge < -0.3 is 9.30 Å². The molecule has 1 aromatic rings. The van der Waals surface area contributed by atoms with E-state index < -0.39 is 17.6 Å². The molecule has 1 heterocycles. The van der Waals surface area contributed by atoms with Gasteiger partial charge in [-0.15, -0.1) is 0 Å². The van der Waals surface area contributed by atoms with Gasteiger partial charge in [0.1, 0.15) is 0 Å². The molecule has 0 aliphatic rings. The zero-order valence-corrected chi connectivity index (χ0v) is 9.79. The van der Waals surface area contributed by atoms with Crippen LogP contribution in [0.15, 0.2) is 12.1 Å². The third-order valence-electron chi connectivity index (χ3n) is 2.34. The summed E-state index contributed by atoms with van der Waals surface area (Å²) in [4.78, 5) is 22.2. The van der Waals surface area contributed by atoms with Crippen molar-refractivity contribution in [2.24, 2.45) is 7.05 Å². The van der Waals surface area contributed by atoms with E-state index in [2.05, 4.69) is 4.74 Å². The van der Waals surface area contributed by atoms with Gasteiger partial charge in [-0.1, -0.05) is 0 Å². The molecule has 0 N–H and O–H groups in total. The van der Waals surface area contributed by atoms with Gasteiger partial charge in [0.15, 0.2) is 5.78 Å². The predicted molar refractivity (Wildman–Crippen MR) is 55.9 cm³/mol. The lowest BCUT2D eigenvalue weighted by Gasteiger charge is -2.16. The SMILES string of the molecule is CCOC(=O)C(F)(F)c1ccc(C(C)=O)n1C. The number of hydrogen-bond acceptors (Lipinski definition) is 3. The van der Waals surface area contributed by atoms with Crippen LogP contribution >= 0.6 is 0 Å². The van der Waals surface area contributed by atoms with Crippen molar-refractivity contribution in [1.29, 1.82) is 0 Å². The number of carbonyl (C=O) groups excluding carboxylic acids is 2. The van der Waals surface area contributed by atoms with Gasteiger partial charge >= 0.3 is 11.9 Å². The molecule has 0 atom stereocenters. The summed E-state index contributed by atoms with van der Waals surface area (Å²) in [6.45, 7) is 2.58. The maximum atomic E-state index is 13.7. The van der Waals surface area contributed by atoms with Gasteiger partial charge in [0.05, 0.1) is 18.0 Å². The molecule has 0 fully saturated rings. The molecule has 0 aliphatic carbocycles. The summed E-state index contributed by atoms with van der Waals surface area (Å²) >= 11 is 0. The van der Waals surface area contributed by atoms with E-state index in [4.69, 9.17) is 0 Å². The summed E-state index contributed by atoms with van der Waals surface area (Å²) < 4.78 is 32.6. The Labute approximate surface area is 97.2 Å². The van der Waals surface area contributed by atoms with Gasteiger partial charge in [-0.05, 0) is 19.1 Å². The Morgan fingerprint density at radius 1 is 1.41 bits per heavy atom. The number of alkyl halides is 2. The van der Waals surface area contributed by atoms with Crippen LogP contribution in [0.3, 0.4) is 0 Å². The van der Waals surface area contributed by atoms with Crippen LogP contribution in [0.25, 0.3) is 0 Å². The first-order valence-electron chi connectivity index (χ1n) is 5.04. The summed E-state index contributed by atoms with van der Waals surface area (Å²) in [5.74, 6) is -5.71. The van der Waals surface area contributed by atoms with E-state index in [-0.39, 0.29) is 18.1 Å². The molecule has 4 nitrogen and oxygen atoms in total. The van der Waals surface area contributed by atoms with Crippen LogP contribution in [0.1, 0.15) is 30.0 Å². The molecule has 17 heavy (non-hydrogen) atoms. The van der Waals surface area contributed by atoms with Crippen LogP contribution in [0.5, 0.6) is 0 Å². The summed E-state index contributed by atoms with van der Waals surface area (Å²) in [7, 11) is 1.30. The Morgan fingerprint density at radius 2 is 2.00 bits per heavy atom. The molecule has 1 aromatic heterocycles. The van der Waals surface area contributed by atoms with E-state index in [0.717, 1.165) is 10.6 Å². The smallest absolute Gasteiger partial charge is 0.383 e. The van der Waals surface area contributed by atoms with Crippen molar-refractivity contribution >= 4 is 11.8 Å². The molecule has 0 saturated carbocycles. The number of rotatable bonds is 4. The first-order chi connectivity index (χ1) is 7.82. The molecule has 0 spiro atoms. The second-order valence-corrected chi connectivity index (χ2v) is 3.51. The van der Waals surface area contributed by atoms with E-state index in [1.165, 1.54) is 27.0 Å². The first-order valence-corrected chi connectivity index (χ1v) is 5.04. The molecular formula is C11H13F2NO3. The number of esters is 1. The van der Waals surface area contributed by atoms with Crippen LogP contribution in [0, 0.1) is 0 Å². The third kappa shape index (κ3) is 2.35. The lowest BCUT2D eigenvalue weighted by molar-refractivity contribution is -0.174. The van der Waals surface area contributed by atoms with Crippen molar-refractivity contribution in [3.63, 3.8) is 0 Å². The zero-order chi connectivity index (χ0) is 13.2. The average Bonchev–Trinajstić information content (AvgIpc) is 2.60. The highest BCUT2D eigenvalue weighted by atomic mass is 19.3. The Balaban J connectivity index is 3.15. The summed E-state index contributed by atoms with van der Waals surface area (Å²) in [5.41, 5.74) is -0.440. The molecule has 94 valence electrons. The Bertz CT molecular complexity index is 452. The van der Waals surface area contributed by atoms with Crippen LogP contribution in [-0.4, -0.2) is 22.9 Å². The molecule has 6 heteroatoms. The maximum Gasteiger partial charge on any atom is 0.383 e. The van der Waals surface area contributed by atoms with Crippen molar-refractivity contribution in [1.82, 2.24) is 4.57 Å². The van der Waals surface area contributed by atoms with Crippen molar-refractivity contribution in [3.05, 3.63) is 23.5 Å². The standard InChI is InChI=1S/C11H13F2NO3/c1-4-17-10(16)11(12,13)9-6-5-8(7(2)15)14(9)3/h5-6H,4H2,1-3H3. The minimum absolute atomic E-state index is 0.115. The van der Waals surface area contributed by atoms with Crippen molar-refractivity contribution in [2.75, 3.05) is 6.61 Å². The van der Waals surface area contributed by atoms with Crippen molar-refractivity contribution in [2.45, 2.75) is 19.8 Å². The molecule has 0 aliphatic heterocycles. The van der Waals surface area contributed by atoms with E-state index in [1.807, 2.05) is 0 Å². The highest BCUT2D eigenvalue weighted by molar-refractivity contribution is 5.93. The number of halogens is 2. The molecule has 1 rings (SSSR count). The van der Waals surface area contributed by atoms with Gasteiger partial charge in [0.2, 0.25) is 0 Å². The zero-order valence-electron chi connectivity index (χ0n) is 9.79. The molecule has 0 amide bonds. The molecule has 0 unspecified atom stereocenters.